The van der Waals surface area contributed by atoms with Crippen molar-refractivity contribution in [2.45, 2.75) is 6.42 Å². The second kappa shape index (κ2) is 5.84. The van der Waals surface area contributed by atoms with Crippen LogP contribution in [0.4, 0.5) is 5.69 Å². The fourth-order valence-corrected chi connectivity index (χ4v) is 2.03. The van der Waals surface area contributed by atoms with E-state index in [2.05, 4.69) is 20.9 Å². The molecule has 0 saturated heterocycles. The molecule has 0 aliphatic carbocycles. The van der Waals surface area contributed by atoms with E-state index >= 15 is 0 Å². The highest BCUT2D eigenvalue weighted by atomic mass is 79.9. The molecule has 0 saturated carbocycles. The highest BCUT2D eigenvalue weighted by Gasteiger charge is 2.11. The van der Waals surface area contributed by atoms with Gasteiger partial charge in [0.05, 0.1) is 19.0 Å². The van der Waals surface area contributed by atoms with Gasteiger partial charge in [0.15, 0.2) is 5.78 Å². The molecule has 0 spiro atoms. The summed E-state index contributed by atoms with van der Waals surface area (Å²) in [7, 11) is 1.59. The zero-order valence-electron chi connectivity index (χ0n) is 10.4. The Morgan fingerprint density at radius 2 is 2.16 bits per heavy atom. The number of halogens is 1. The second-order valence-corrected chi connectivity index (χ2v) is 4.89. The van der Waals surface area contributed by atoms with Crippen molar-refractivity contribution in [3.63, 3.8) is 0 Å². The Hall–Kier alpha value is -1.88. The van der Waals surface area contributed by atoms with Gasteiger partial charge in [-0.3, -0.25) is 9.78 Å². The van der Waals surface area contributed by atoms with Crippen molar-refractivity contribution < 1.29 is 9.53 Å². The smallest absolute Gasteiger partial charge is 0.185 e. The van der Waals surface area contributed by atoms with Crippen molar-refractivity contribution in [1.29, 1.82) is 0 Å². The van der Waals surface area contributed by atoms with E-state index in [1.807, 2.05) is 18.2 Å². The minimum absolute atomic E-state index is 0.0612. The van der Waals surface area contributed by atoms with Gasteiger partial charge in [0.2, 0.25) is 0 Å². The van der Waals surface area contributed by atoms with Crippen LogP contribution in [0.25, 0.3) is 0 Å². The molecule has 1 aromatic heterocycles. The minimum Gasteiger partial charge on any atom is -0.497 e. The number of nitrogen functional groups attached to an aromatic ring is 1. The summed E-state index contributed by atoms with van der Waals surface area (Å²) < 4.78 is 6.02. The molecule has 2 rings (SSSR count). The predicted octanol–water partition coefficient (Wildman–Crippen LogP) is 2.86. The van der Waals surface area contributed by atoms with E-state index in [0.717, 1.165) is 15.8 Å². The maximum Gasteiger partial charge on any atom is 0.185 e. The number of carbonyl (C=O) groups is 1. The first-order valence-electron chi connectivity index (χ1n) is 5.67. The Morgan fingerprint density at radius 1 is 1.37 bits per heavy atom. The van der Waals surface area contributed by atoms with Gasteiger partial charge in [-0.25, -0.2) is 0 Å². The summed E-state index contributed by atoms with van der Waals surface area (Å²) in [6, 6.07) is 8.82. The van der Waals surface area contributed by atoms with Crippen molar-refractivity contribution in [1.82, 2.24) is 4.98 Å². The van der Waals surface area contributed by atoms with Gasteiger partial charge in [-0.2, -0.15) is 0 Å². The van der Waals surface area contributed by atoms with Crippen molar-refractivity contribution in [2.75, 3.05) is 12.8 Å². The van der Waals surface area contributed by atoms with E-state index in [-0.39, 0.29) is 12.2 Å². The molecule has 2 N–H and O–H groups in total. The summed E-state index contributed by atoms with van der Waals surface area (Å²) >= 11 is 3.42. The number of nitrogens with zero attached hydrogens (tertiary/aromatic N) is 1. The number of anilines is 1. The predicted molar refractivity (Wildman–Crippen MR) is 77.4 cm³/mol. The minimum atomic E-state index is -0.0612. The van der Waals surface area contributed by atoms with Crippen LogP contribution in [0.5, 0.6) is 5.75 Å². The van der Waals surface area contributed by atoms with Crippen LogP contribution in [0.1, 0.15) is 16.1 Å². The molecule has 1 aromatic carbocycles. The molecule has 0 fully saturated rings. The molecule has 5 heteroatoms. The average molecular weight is 321 g/mol. The van der Waals surface area contributed by atoms with Gasteiger partial charge < -0.3 is 10.5 Å². The zero-order chi connectivity index (χ0) is 13.8. The fourth-order valence-electron chi connectivity index (χ4n) is 1.65. The van der Waals surface area contributed by atoms with E-state index < -0.39 is 0 Å². The van der Waals surface area contributed by atoms with E-state index in [1.165, 1.54) is 6.20 Å². The van der Waals surface area contributed by atoms with Gasteiger partial charge in [0.25, 0.3) is 0 Å². The Morgan fingerprint density at radius 3 is 2.79 bits per heavy atom. The maximum atomic E-state index is 12.1. The fraction of sp³-hybridized carbons (Fsp3) is 0.143. The van der Waals surface area contributed by atoms with Crippen LogP contribution in [-0.4, -0.2) is 17.9 Å². The number of carbonyl (C=O) groups excluding carboxylic acids is 1. The van der Waals surface area contributed by atoms with E-state index in [0.29, 0.717) is 11.4 Å². The molecule has 19 heavy (non-hydrogen) atoms. The van der Waals surface area contributed by atoms with Crippen LogP contribution in [0, 0.1) is 0 Å². The molecular formula is C14H13BrN2O2. The number of hydrogen-bond acceptors (Lipinski definition) is 4. The lowest BCUT2D eigenvalue weighted by atomic mass is 10.1. The van der Waals surface area contributed by atoms with Gasteiger partial charge in [-0.05, 0) is 35.9 Å². The standard InChI is InChI=1S/C14H13BrN2O2/c1-19-11-3-4-12(15)9(6-11)7-14(18)13-5-2-10(16)8-17-13/h2-6,8H,7,16H2,1H3. The Bertz CT molecular complexity index is 597. The summed E-state index contributed by atoms with van der Waals surface area (Å²) in [5, 5.41) is 0. The summed E-state index contributed by atoms with van der Waals surface area (Å²) in [6.07, 6.45) is 1.74. The SMILES string of the molecule is COc1ccc(Br)c(CC(=O)c2ccc(N)cn2)c1. The maximum absolute atomic E-state index is 12.1. The second-order valence-electron chi connectivity index (χ2n) is 4.03. The average Bonchev–Trinajstić information content (AvgIpc) is 2.42. The van der Waals surface area contributed by atoms with Crippen LogP contribution in [-0.2, 0) is 6.42 Å². The molecule has 98 valence electrons. The third-order valence-corrected chi connectivity index (χ3v) is 3.45. The molecule has 0 radical (unpaired) electrons. The number of aromatic nitrogens is 1. The third-order valence-electron chi connectivity index (χ3n) is 2.68. The quantitative estimate of drug-likeness (QED) is 0.880. The van der Waals surface area contributed by atoms with Crippen molar-refractivity contribution in [2.24, 2.45) is 0 Å². The highest BCUT2D eigenvalue weighted by molar-refractivity contribution is 9.10. The molecule has 0 aliphatic heterocycles. The Kier molecular flexibility index (Phi) is 4.16. The number of nitrogens with two attached hydrogens (primary N) is 1. The highest BCUT2D eigenvalue weighted by Crippen LogP contribution is 2.23. The number of pyridine rings is 1. The lowest BCUT2D eigenvalue weighted by molar-refractivity contribution is 0.0988. The van der Waals surface area contributed by atoms with E-state index in [4.69, 9.17) is 10.5 Å². The van der Waals surface area contributed by atoms with Crippen LogP contribution in [0.15, 0.2) is 41.0 Å². The molecule has 4 nitrogen and oxygen atoms in total. The lowest BCUT2D eigenvalue weighted by Gasteiger charge is -2.06. The van der Waals surface area contributed by atoms with Crippen LogP contribution < -0.4 is 10.5 Å². The van der Waals surface area contributed by atoms with Crippen LogP contribution in [0.3, 0.4) is 0 Å². The van der Waals surface area contributed by atoms with Crippen LogP contribution in [0.2, 0.25) is 0 Å². The lowest BCUT2D eigenvalue weighted by Crippen LogP contribution is -2.07. The number of rotatable bonds is 4. The van der Waals surface area contributed by atoms with E-state index in [1.54, 1.807) is 19.2 Å². The van der Waals surface area contributed by atoms with Gasteiger partial charge in [0.1, 0.15) is 11.4 Å². The van der Waals surface area contributed by atoms with Gasteiger partial charge in [-0.1, -0.05) is 15.9 Å². The molecule has 0 aliphatic rings. The summed E-state index contributed by atoms with van der Waals surface area (Å²) in [4.78, 5) is 16.1. The molecular weight excluding hydrogens is 308 g/mol. The van der Waals surface area contributed by atoms with Gasteiger partial charge in [-0.15, -0.1) is 0 Å². The van der Waals surface area contributed by atoms with Crippen molar-refractivity contribution in [3.05, 3.63) is 52.3 Å². The molecule has 2 aromatic rings. The number of methoxy groups -OCH3 is 1. The van der Waals surface area contributed by atoms with Crippen molar-refractivity contribution in [3.8, 4) is 5.75 Å². The van der Waals surface area contributed by atoms with Gasteiger partial charge in [0, 0.05) is 10.9 Å². The molecule has 0 bridgehead atoms. The number of ketones is 1. The first-order valence-corrected chi connectivity index (χ1v) is 6.46. The molecule has 0 unspecified atom stereocenters. The monoisotopic (exact) mass is 320 g/mol. The van der Waals surface area contributed by atoms with Crippen LogP contribution >= 0.6 is 15.9 Å². The largest absolute Gasteiger partial charge is 0.497 e. The summed E-state index contributed by atoms with van der Waals surface area (Å²) in [5.74, 6) is 0.658. The molecule has 0 amide bonds. The first kappa shape index (κ1) is 13.5. The molecule has 0 atom stereocenters. The first-order chi connectivity index (χ1) is 9.10. The van der Waals surface area contributed by atoms with Crippen molar-refractivity contribution >= 4 is 27.4 Å². The van der Waals surface area contributed by atoms with Gasteiger partial charge >= 0.3 is 0 Å². The number of benzene rings is 1. The Labute approximate surface area is 119 Å². The number of ether oxygens (including phenoxy) is 1. The number of Topliss-reactive ketones (excluding diaryl/α,β-unsaturated/α-hetero) is 1. The summed E-state index contributed by atoms with van der Waals surface area (Å²) in [6.45, 7) is 0. The third kappa shape index (κ3) is 3.32. The Balaban J connectivity index is 2.21. The zero-order valence-corrected chi connectivity index (χ0v) is 12.0. The number of hydrogen-bond donors (Lipinski definition) is 1. The molecule has 1 heterocycles. The normalized spacial score (nSPS) is 10.2. The topological polar surface area (TPSA) is 65.2 Å². The summed E-state index contributed by atoms with van der Waals surface area (Å²) in [5.41, 5.74) is 7.35. The van der Waals surface area contributed by atoms with E-state index in [9.17, 15) is 4.79 Å².